The molecule has 2 heteroatoms. The Balaban J connectivity index is 3.47. The molecule has 0 aliphatic carbocycles. The molecule has 0 spiro atoms. The molecule has 1 N–H and O–H groups in total. The fourth-order valence-electron chi connectivity index (χ4n) is 2.02. The molecule has 0 aromatic heterocycles. The Morgan fingerprint density at radius 1 is 1.12 bits per heavy atom. The number of hydrogen-bond acceptors (Lipinski definition) is 1. The van der Waals surface area contributed by atoms with Crippen molar-refractivity contribution >= 4 is 5.97 Å². The number of aliphatic carboxylic acids is 1. The maximum absolute atomic E-state index is 10.5. The minimum absolute atomic E-state index is 0.127. The molecule has 0 heterocycles. The van der Waals surface area contributed by atoms with Gasteiger partial charge in [0.15, 0.2) is 0 Å². The summed E-state index contributed by atoms with van der Waals surface area (Å²) in [6.07, 6.45) is 7.18. The van der Waals surface area contributed by atoms with Crippen LogP contribution in [0.5, 0.6) is 0 Å². The van der Waals surface area contributed by atoms with Crippen molar-refractivity contribution in [2.24, 2.45) is 11.8 Å². The predicted octanol–water partition coefficient (Wildman–Crippen LogP) is 4.65. The summed E-state index contributed by atoms with van der Waals surface area (Å²) in [6.45, 7) is 10.6. The monoisotopic (exact) mass is 240 g/mol. The molecule has 0 saturated heterocycles. The second-order valence-corrected chi connectivity index (χ2v) is 5.64. The molecule has 0 amide bonds. The van der Waals surface area contributed by atoms with Crippen LogP contribution in [0.1, 0.15) is 65.7 Å². The zero-order valence-electron chi connectivity index (χ0n) is 11.7. The van der Waals surface area contributed by atoms with E-state index < -0.39 is 5.97 Å². The molecule has 0 rings (SSSR count). The second-order valence-electron chi connectivity index (χ2n) is 5.64. The number of carboxylic acids is 1. The molecule has 1 unspecified atom stereocenters. The Hall–Kier alpha value is -0.790. The van der Waals surface area contributed by atoms with Crippen molar-refractivity contribution in [3.05, 3.63) is 12.2 Å². The van der Waals surface area contributed by atoms with Crippen molar-refractivity contribution in [1.29, 1.82) is 0 Å². The fourth-order valence-corrected chi connectivity index (χ4v) is 2.02. The summed E-state index contributed by atoms with van der Waals surface area (Å²) in [6, 6.07) is 0. The summed E-state index contributed by atoms with van der Waals surface area (Å²) >= 11 is 0. The Morgan fingerprint density at radius 3 is 2.24 bits per heavy atom. The van der Waals surface area contributed by atoms with Crippen LogP contribution in [0.4, 0.5) is 0 Å². The van der Waals surface area contributed by atoms with Crippen LogP contribution < -0.4 is 0 Å². The molecule has 0 radical (unpaired) electrons. The lowest BCUT2D eigenvalue weighted by Gasteiger charge is -2.12. The Labute approximate surface area is 106 Å². The van der Waals surface area contributed by atoms with Crippen molar-refractivity contribution < 1.29 is 9.90 Å². The summed E-state index contributed by atoms with van der Waals surface area (Å²) in [5.74, 6) is 0.795. The largest absolute Gasteiger partial charge is 0.481 e. The van der Waals surface area contributed by atoms with Gasteiger partial charge in [0, 0.05) is 0 Å². The van der Waals surface area contributed by atoms with Gasteiger partial charge >= 0.3 is 5.97 Å². The normalized spacial score (nSPS) is 12.7. The molecular formula is C15H28O2. The first kappa shape index (κ1) is 16.2. The number of hydrogen-bond donors (Lipinski definition) is 1. The molecule has 100 valence electrons. The smallest absolute Gasteiger partial charge is 0.307 e. The van der Waals surface area contributed by atoms with Gasteiger partial charge in [0.2, 0.25) is 0 Å². The number of rotatable bonds is 10. The van der Waals surface area contributed by atoms with Crippen LogP contribution in [0.2, 0.25) is 0 Å². The number of carbonyl (C=O) groups is 1. The predicted molar refractivity (Wildman–Crippen MR) is 73.1 cm³/mol. The quantitative estimate of drug-likeness (QED) is 0.564. The molecule has 0 saturated carbocycles. The van der Waals surface area contributed by atoms with Crippen LogP contribution in [0, 0.1) is 11.8 Å². The molecular weight excluding hydrogens is 212 g/mol. The Bertz CT molecular complexity index is 231. The SMILES string of the molecule is C=C(CCCC(C)CCCC(C)C)CC(=O)O. The van der Waals surface area contributed by atoms with E-state index in [0.717, 1.165) is 30.3 Å². The van der Waals surface area contributed by atoms with E-state index >= 15 is 0 Å². The van der Waals surface area contributed by atoms with Crippen LogP contribution in [-0.2, 0) is 4.79 Å². The standard InChI is InChI=1S/C15H28O2/c1-12(2)7-5-8-13(3)9-6-10-14(4)11-15(16)17/h12-13H,4-11H2,1-3H3,(H,16,17). The topological polar surface area (TPSA) is 37.3 Å². The average Bonchev–Trinajstić information content (AvgIpc) is 2.15. The highest BCUT2D eigenvalue weighted by molar-refractivity contribution is 5.69. The van der Waals surface area contributed by atoms with Crippen LogP contribution in [0.15, 0.2) is 12.2 Å². The highest BCUT2D eigenvalue weighted by atomic mass is 16.4. The van der Waals surface area contributed by atoms with Gasteiger partial charge in [-0.3, -0.25) is 4.79 Å². The molecule has 0 aromatic rings. The third-order valence-corrected chi connectivity index (χ3v) is 3.11. The van der Waals surface area contributed by atoms with Gasteiger partial charge in [-0.15, -0.1) is 0 Å². The van der Waals surface area contributed by atoms with E-state index in [4.69, 9.17) is 5.11 Å². The molecule has 0 aromatic carbocycles. The first-order chi connectivity index (χ1) is 7.91. The van der Waals surface area contributed by atoms with E-state index in [-0.39, 0.29) is 6.42 Å². The molecule has 0 fully saturated rings. The maximum Gasteiger partial charge on any atom is 0.307 e. The summed E-state index contributed by atoms with van der Waals surface area (Å²) in [5.41, 5.74) is 0.854. The van der Waals surface area contributed by atoms with Gasteiger partial charge in [-0.1, -0.05) is 58.6 Å². The van der Waals surface area contributed by atoms with Crippen molar-refractivity contribution in [2.75, 3.05) is 0 Å². The minimum atomic E-state index is -0.764. The van der Waals surface area contributed by atoms with E-state index in [1.807, 2.05) is 0 Å². The van der Waals surface area contributed by atoms with Crippen molar-refractivity contribution in [3.8, 4) is 0 Å². The van der Waals surface area contributed by atoms with Crippen molar-refractivity contribution in [1.82, 2.24) is 0 Å². The second kappa shape index (κ2) is 9.26. The van der Waals surface area contributed by atoms with Crippen LogP contribution in [0.25, 0.3) is 0 Å². The van der Waals surface area contributed by atoms with E-state index in [9.17, 15) is 4.79 Å². The van der Waals surface area contributed by atoms with E-state index in [1.54, 1.807) is 0 Å². The van der Waals surface area contributed by atoms with E-state index in [0.29, 0.717) is 0 Å². The van der Waals surface area contributed by atoms with Crippen molar-refractivity contribution in [3.63, 3.8) is 0 Å². The fraction of sp³-hybridized carbons (Fsp3) is 0.800. The van der Waals surface area contributed by atoms with Gasteiger partial charge in [-0.25, -0.2) is 0 Å². The van der Waals surface area contributed by atoms with Gasteiger partial charge in [0.05, 0.1) is 6.42 Å². The van der Waals surface area contributed by atoms with Gasteiger partial charge < -0.3 is 5.11 Å². The summed E-state index contributed by atoms with van der Waals surface area (Å²) in [5, 5.41) is 8.60. The third kappa shape index (κ3) is 11.5. The van der Waals surface area contributed by atoms with E-state index in [1.165, 1.54) is 25.7 Å². The van der Waals surface area contributed by atoms with Crippen LogP contribution in [0.3, 0.4) is 0 Å². The lowest BCUT2D eigenvalue weighted by molar-refractivity contribution is -0.136. The van der Waals surface area contributed by atoms with Gasteiger partial charge in [0.25, 0.3) is 0 Å². The first-order valence-corrected chi connectivity index (χ1v) is 6.80. The maximum atomic E-state index is 10.5. The zero-order chi connectivity index (χ0) is 13.3. The van der Waals surface area contributed by atoms with Gasteiger partial charge in [-0.05, 0) is 24.7 Å². The molecule has 1 atom stereocenters. The highest BCUT2D eigenvalue weighted by Gasteiger charge is 2.05. The van der Waals surface area contributed by atoms with E-state index in [2.05, 4.69) is 27.4 Å². The van der Waals surface area contributed by atoms with Gasteiger partial charge in [0.1, 0.15) is 0 Å². The summed E-state index contributed by atoms with van der Waals surface area (Å²) < 4.78 is 0. The van der Waals surface area contributed by atoms with Crippen LogP contribution >= 0.6 is 0 Å². The first-order valence-electron chi connectivity index (χ1n) is 6.80. The van der Waals surface area contributed by atoms with Gasteiger partial charge in [-0.2, -0.15) is 0 Å². The third-order valence-electron chi connectivity index (χ3n) is 3.11. The average molecular weight is 240 g/mol. The summed E-state index contributed by atoms with van der Waals surface area (Å²) in [7, 11) is 0. The lowest BCUT2D eigenvalue weighted by atomic mass is 9.94. The zero-order valence-corrected chi connectivity index (χ0v) is 11.7. The molecule has 0 aliphatic rings. The minimum Gasteiger partial charge on any atom is -0.481 e. The molecule has 2 nitrogen and oxygen atoms in total. The van der Waals surface area contributed by atoms with Crippen molar-refractivity contribution in [2.45, 2.75) is 65.7 Å². The molecule has 0 aliphatic heterocycles. The molecule has 0 bridgehead atoms. The van der Waals surface area contributed by atoms with Crippen LogP contribution in [-0.4, -0.2) is 11.1 Å². The highest BCUT2D eigenvalue weighted by Crippen LogP contribution is 2.19. The Morgan fingerprint density at radius 2 is 1.71 bits per heavy atom. The lowest BCUT2D eigenvalue weighted by Crippen LogP contribution is -1.99. The number of carboxylic acid groups (broad SMARTS) is 1. The summed E-state index contributed by atoms with van der Waals surface area (Å²) in [4.78, 5) is 10.5. The molecule has 17 heavy (non-hydrogen) atoms. The Kier molecular flexibility index (Phi) is 8.83.